The molecule has 2 aromatic carbocycles. The largest absolute Gasteiger partial charge is 0.360 e. The smallest absolute Gasteiger partial charge is 0.246 e. The van der Waals surface area contributed by atoms with Crippen molar-refractivity contribution in [2.45, 2.75) is 23.6 Å². The van der Waals surface area contributed by atoms with E-state index in [9.17, 15) is 21.6 Å². The van der Waals surface area contributed by atoms with E-state index in [1.54, 1.807) is 18.2 Å². The Labute approximate surface area is 192 Å². The van der Waals surface area contributed by atoms with Crippen molar-refractivity contribution in [1.82, 2.24) is 19.1 Å². The molecule has 176 valence electrons. The van der Waals surface area contributed by atoms with Crippen LogP contribution in [-0.4, -0.2) is 69.8 Å². The van der Waals surface area contributed by atoms with E-state index in [0.717, 1.165) is 10.8 Å². The Balaban J connectivity index is 1.38. The van der Waals surface area contributed by atoms with Crippen LogP contribution in [0.2, 0.25) is 0 Å². The molecule has 1 aliphatic rings. The van der Waals surface area contributed by atoms with E-state index in [4.69, 9.17) is 4.52 Å². The van der Waals surface area contributed by atoms with E-state index in [1.807, 2.05) is 24.3 Å². The highest BCUT2D eigenvalue weighted by Crippen LogP contribution is 2.23. The van der Waals surface area contributed by atoms with Gasteiger partial charge in [-0.05, 0) is 36.8 Å². The Bertz CT molecular complexity index is 1390. The van der Waals surface area contributed by atoms with Gasteiger partial charge in [-0.2, -0.15) is 4.31 Å². The quantitative estimate of drug-likeness (QED) is 0.548. The maximum Gasteiger partial charge on any atom is 0.246 e. The predicted octanol–water partition coefficient (Wildman–Crippen LogP) is 1.26. The van der Waals surface area contributed by atoms with Crippen molar-refractivity contribution in [3.63, 3.8) is 0 Å². The molecule has 1 aromatic heterocycles. The van der Waals surface area contributed by atoms with Crippen LogP contribution < -0.4 is 4.72 Å². The summed E-state index contributed by atoms with van der Waals surface area (Å²) in [5.74, 6) is -0.298. The zero-order valence-electron chi connectivity index (χ0n) is 18.2. The number of fused-ring (bicyclic) bond motifs is 1. The van der Waals surface area contributed by atoms with E-state index >= 15 is 0 Å². The highest BCUT2D eigenvalue weighted by molar-refractivity contribution is 7.89. The maximum atomic E-state index is 13.1. The fourth-order valence-electron chi connectivity index (χ4n) is 3.85. The first-order valence-electron chi connectivity index (χ1n) is 10.3. The number of aryl methyl sites for hydroxylation is 2. The fourth-order valence-corrected chi connectivity index (χ4v) is 6.61. The van der Waals surface area contributed by atoms with Crippen LogP contribution >= 0.6 is 0 Å². The number of carbonyl (C=O) groups excluding carboxylic acids is 1. The molecule has 33 heavy (non-hydrogen) atoms. The molecule has 0 unspecified atom stereocenters. The molecule has 12 heteroatoms. The van der Waals surface area contributed by atoms with Gasteiger partial charge < -0.3 is 9.42 Å². The van der Waals surface area contributed by atoms with Crippen LogP contribution in [-0.2, 0) is 24.8 Å². The van der Waals surface area contributed by atoms with Crippen molar-refractivity contribution >= 4 is 36.7 Å². The van der Waals surface area contributed by atoms with Crippen molar-refractivity contribution in [2.75, 3.05) is 32.7 Å². The minimum Gasteiger partial charge on any atom is -0.360 e. The van der Waals surface area contributed by atoms with Crippen LogP contribution in [0.25, 0.3) is 10.8 Å². The van der Waals surface area contributed by atoms with E-state index in [-0.39, 0.29) is 47.4 Å². The van der Waals surface area contributed by atoms with E-state index in [0.29, 0.717) is 0 Å². The van der Waals surface area contributed by atoms with Crippen LogP contribution in [0.4, 0.5) is 0 Å². The van der Waals surface area contributed by atoms with Crippen molar-refractivity contribution in [3.05, 3.63) is 53.9 Å². The zero-order valence-corrected chi connectivity index (χ0v) is 19.8. The topological polar surface area (TPSA) is 130 Å². The van der Waals surface area contributed by atoms with Gasteiger partial charge in [0, 0.05) is 26.2 Å². The zero-order chi connectivity index (χ0) is 23.8. The van der Waals surface area contributed by atoms with Crippen LogP contribution in [0.15, 0.2) is 56.8 Å². The van der Waals surface area contributed by atoms with E-state index in [1.165, 1.54) is 23.1 Å². The number of piperazine rings is 1. The Morgan fingerprint density at radius 2 is 1.67 bits per heavy atom. The molecule has 0 aliphatic carbocycles. The Hall–Kier alpha value is -2.80. The number of rotatable bonds is 6. The van der Waals surface area contributed by atoms with Gasteiger partial charge in [-0.1, -0.05) is 35.5 Å². The minimum absolute atomic E-state index is 0.0819. The van der Waals surface area contributed by atoms with Gasteiger partial charge in [0.25, 0.3) is 0 Å². The number of nitrogens with one attached hydrogen (secondary N) is 1. The molecule has 10 nitrogen and oxygen atoms in total. The lowest BCUT2D eigenvalue weighted by atomic mass is 10.1. The lowest BCUT2D eigenvalue weighted by molar-refractivity contribution is -0.131. The summed E-state index contributed by atoms with van der Waals surface area (Å²) in [5.41, 5.74) is 0.208. The first-order chi connectivity index (χ1) is 15.6. The predicted molar refractivity (Wildman–Crippen MR) is 120 cm³/mol. The molecule has 3 aromatic rings. The molecule has 4 rings (SSSR count). The number of hydrogen-bond acceptors (Lipinski definition) is 7. The molecule has 0 spiro atoms. The summed E-state index contributed by atoms with van der Waals surface area (Å²) in [5, 5.41) is 5.40. The van der Waals surface area contributed by atoms with E-state index < -0.39 is 32.5 Å². The summed E-state index contributed by atoms with van der Waals surface area (Å²) in [6, 6.07) is 12.5. The summed E-state index contributed by atoms with van der Waals surface area (Å²) in [6.07, 6.45) is 0. The number of aromatic nitrogens is 1. The third-order valence-electron chi connectivity index (χ3n) is 5.60. The van der Waals surface area contributed by atoms with Crippen molar-refractivity contribution in [2.24, 2.45) is 0 Å². The molecule has 1 amide bonds. The van der Waals surface area contributed by atoms with Crippen molar-refractivity contribution in [3.8, 4) is 0 Å². The molecule has 0 bridgehead atoms. The van der Waals surface area contributed by atoms with Crippen LogP contribution in [0.1, 0.15) is 11.5 Å². The maximum absolute atomic E-state index is 13.1. The van der Waals surface area contributed by atoms with Gasteiger partial charge in [0.15, 0.2) is 5.76 Å². The minimum atomic E-state index is -3.96. The highest BCUT2D eigenvalue weighted by Gasteiger charge is 2.31. The monoisotopic (exact) mass is 492 g/mol. The van der Waals surface area contributed by atoms with Crippen LogP contribution in [0.5, 0.6) is 0 Å². The number of nitrogens with zero attached hydrogens (tertiary/aromatic N) is 3. The van der Waals surface area contributed by atoms with Crippen molar-refractivity contribution < 1.29 is 26.2 Å². The average molecular weight is 493 g/mol. The Morgan fingerprint density at radius 3 is 2.30 bits per heavy atom. The van der Waals surface area contributed by atoms with Crippen LogP contribution in [0, 0.1) is 13.8 Å². The third kappa shape index (κ3) is 4.64. The van der Waals surface area contributed by atoms with Crippen LogP contribution in [0.3, 0.4) is 0 Å². The first-order valence-corrected chi connectivity index (χ1v) is 13.2. The van der Waals surface area contributed by atoms with E-state index in [2.05, 4.69) is 9.88 Å². The molecule has 1 N–H and O–H groups in total. The summed E-state index contributed by atoms with van der Waals surface area (Å²) in [6.45, 7) is 3.11. The molecular formula is C21H24N4O6S2. The summed E-state index contributed by atoms with van der Waals surface area (Å²) in [4.78, 5) is 14.1. The fraction of sp³-hybridized carbons (Fsp3) is 0.333. The number of sulfonamides is 2. The lowest BCUT2D eigenvalue weighted by Gasteiger charge is -2.34. The van der Waals surface area contributed by atoms with Gasteiger partial charge >= 0.3 is 0 Å². The number of amides is 1. The summed E-state index contributed by atoms with van der Waals surface area (Å²) in [7, 11) is -7.67. The molecule has 0 radical (unpaired) electrons. The normalized spacial score (nSPS) is 15.8. The molecule has 2 heterocycles. The molecule has 0 saturated carbocycles. The molecule has 1 saturated heterocycles. The summed E-state index contributed by atoms with van der Waals surface area (Å²) >= 11 is 0. The summed E-state index contributed by atoms with van der Waals surface area (Å²) < 4.78 is 59.6. The highest BCUT2D eigenvalue weighted by atomic mass is 32.2. The number of hydrogen-bond donors (Lipinski definition) is 1. The SMILES string of the molecule is Cc1noc(C)c1S(=O)(=O)NCC(=O)N1CCN(S(=O)(=O)c2ccc3ccccc3c2)CC1. The van der Waals surface area contributed by atoms with Gasteiger partial charge in [0.05, 0.1) is 11.4 Å². The van der Waals surface area contributed by atoms with Gasteiger partial charge in [-0.3, -0.25) is 4.79 Å². The molecular weight excluding hydrogens is 468 g/mol. The van der Waals surface area contributed by atoms with Gasteiger partial charge in [0.2, 0.25) is 26.0 Å². The lowest BCUT2D eigenvalue weighted by Crippen LogP contribution is -2.52. The van der Waals surface area contributed by atoms with Gasteiger partial charge in [-0.25, -0.2) is 21.6 Å². The second-order valence-corrected chi connectivity index (χ2v) is 11.4. The van der Waals surface area contributed by atoms with Crippen molar-refractivity contribution in [1.29, 1.82) is 0 Å². The Morgan fingerprint density at radius 1 is 1.00 bits per heavy atom. The molecule has 1 fully saturated rings. The molecule has 1 aliphatic heterocycles. The van der Waals surface area contributed by atoms with Gasteiger partial charge in [-0.15, -0.1) is 0 Å². The third-order valence-corrected chi connectivity index (χ3v) is 9.14. The second-order valence-electron chi connectivity index (χ2n) is 7.77. The second kappa shape index (κ2) is 8.86. The standard InChI is InChI=1S/C21H24N4O6S2/c1-15-21(16(2)31-23-15)32(27,28)22-14-20(26)24-9-11-25(12-10-24)33(29,30)19-8-7-17-5-3-4-6-18(17)13-19/h3-8,13,22H,9-12,14H2,1-2H3. The number of benzene rings is 2. The average Bonchev–Trinajstić information content (AvgIpc) is 3.16. The number of carbonyl (C=O) groups is 1. The molecule has 0 atom stereocenters. The van der Waals surface area contributed by atoms with Gasteiger partial charge in [0.1, 0.15) is 10.6 Å². The first kappa shape index (κ1) is 23.4. The Kier molecular flexibility index (Phi) is 6.27.